The molecule has 18 heavy (non-hydrogen) atoms. The second-order valence-electron chi connectivity index (χ2n) is 4.24. The van der Waals surface area contributed by atoms with Crippen LogP contribution < -0.4 is 0 Å². The van der Waals surface area contributed by atoms with Crippen LogP contribution in [0.15, 0.2) is 30.3 Å². The Morgan fingerprint density at radius 1 is 1.22 bits per heavy atom. The minimum Gasteiger partial charge on any atom is -0.481 e. The second kappa shape index (κ2) is 13.3. The van der Waals surface area contributed by atoms with Crippen LogP contribution in [0.3, 0.4) is 0 Å². The van der Waals surface area contributed by atoms with Crippen LogP contribution in [0, 0.1) is 48.4 Å². The van der Waals surface area contributed by atoms with Gasteiger partial charge in [0, 0.05) is 35.6 Å². The van der Waals surface area contributed by atoms with E-state index in [1.165, 1.54) is 5.56 Å². The molecule has 3 heteroatoms. The van der Waals surface area contributed by atoms with Gasteiger partial charge in [0.25, 0.3) is 0 Å². The molecule has 0 amide bonds. The summed E-state index contributed by atoms with van der Waals surface area (Å²) in [6.07, 6.45) is 3.71. The first-order valence-electron chi connectivity index (χ1n) is 6.36. The molecule has 0 aliphatic heterocycles. The standard InChI is InChI=1S/C8H16O2.C7H8.La/c1-3-5-6-7(4-2)8(9)10;1-7-5-3-2-4-6-7;/h7H,3-6H2,1-2H3,(H,9,10);2-6H,1H3;. The van der Waals surface area contributed by atoms with Crippen molar-refractivity contribution in [3.05, 3.63) is 35.9 Å². The summed E-state index contributed by atoms with van der Waals surface area (Å²) in [6, 6.07) is 10.3. The molecule has 0 bridgehead atoms. The molecule has 0 saturated carbocycles. The van der Waals surface area contributed by atoms with Crippen molar-refractivity contribution in [3.8, 4) is 0 Å². The van der Waals surface area contributed by atoms with E-state index in [4.69, 9.17) is 5.11 Å². The van der Waals surface area contributed by atoms with Gasteiger partial charge in [-0.05, 0) is 19.8 Å². The number of unbranched alkanes of at least 4 members (excludes halogenated alkanes) is 1. The number of carboxylic acid groups (broad SMARTS) is 1. The zero-order valence-electron chi connectivity index (χ0n) is 11.7. The third-order valence-corrected chi connectivity index (χ3v) is 2.69. The fourth-order valence-electron chi connectivity index (χ4n) is 1.49. The topological polar surface area (TPSA) is 37.3 Å². The molecule has 1 N–H and O–H groups in total. The van der Waals surface area contributed by atoms with E-state index in [2.05, 4.69) is 26.0 Å². The molecule has 99 valence electrons. The van der Waals surface area contributed by atoms with Crippen molar-refractivity contribution in [1.29, 1.82) is 0 Å². The molecule has 1 aromatic rings. The Bertz CT molecular complexity index is 299. The zero-order chi connectivity index (χ0) is 13.1. The van der Waals surface area contributed by atoms with Crippen LogP contribution in [0.25, 0.3) is 0 Å². The average Bonchev–Trinajstić information content (AvgIpc) is 2.31. The molecule has 1 aromatic carbocycles. The first-order valence-corrected chi connectivity index (χ1v) is 6.36. The molecule has 0 fully saturated rings. The largest absolute Gasteiger partial charge is 0.481 e. The summed E-state index contributed by atoms with van der Waals surface area (Å²) in [5, 5.41) is 8.60. The van der Waals surface area contributed by atoms with E-state index in [1.54, 1.807) is 0 Å². The summed E-state index contributed by atoms with van der Waals surface area (Å²) in [4.78, 5) is 10.4. The number of aryl methyl sites for hydroxylation is 1. The van der Waals surface area contributed by atoms with Crippen LogP contribution in [0.4, 0.5) is 0 Å². The molecule has 0 aliphatic carbocycles. The SMILES string of the molecule is CCCCC(CC)C(=O)O.Cc1ccccc1.[La]. The molecule has 1 unspecified atom stereocenters. The van der Waals surface area contributed by atoms with Crippen molar-refractivity contribution in [1.82, 2.24) is 0 Å². The Kier molecular flexibility index (Phi) is 15.0. The molecule has 0 saturated heterocycles. The predicted octanol–water partition coefficient (Wildman–Crippen LogP) is 4.28. The maximum atomic E-state index is 10.4. The zero-order valence-corrected chi connectivity index (χ0v) is 15.4. The van der Waals surface area contributed by atoms with Gasteiger partial charge in [-0.3, -0.25) is 4.79 Å². The Labute approximate surface area is 139 Å². The van der Waals surface area contributed by atoms with Crippen molar-refractivity contribution in [3.63, 3.8) is 0 Å². The fraction of sp³-hybridized carbons (Fsp3) is 0.533. The van der Waals surface area contributed by atoms with Crippen molar-refractivity contribution >= 4 is 5.97 Å². The molecule has 0 aromatic heterocycles. The summed E-state index contributed by atoms with van der Waals surface area (Å²) in [6.45, 7) is 6.09. The monoisotopic (exact) mass is 375 g/mol. The van der Waals surface area contributed by atoms with E-state index < -0.39 is 5.97 Å². The number of carbonyl (C=O) groups is 1. The first-order chi connectivity index (χ1) is 8.11. The molecule has 0 aliphatic rings. The van der Waals surface area contributed by atoms with Gasteiger partial charge in [-0.2, -0.15) is 0 Å². The fourth-order valence-corrected chi connectivity index (χ4v) is 1.49. The van der Waals surface area contributed by atoms with Crippen molar-refractivity contribution < 1.29 is 45.5 Å². The number of carboxylic acids is 1. The summed E-state index contributed by atoms with van der Waals surface area (Å²) in [5.74, 6) is -0.754. The van der Waals surface area contributed by atoms with Crippen LogP contribution in [-0.4, -0.2) is 11.1 Å². The summed E-state index contributed by atoms with van der Waals surface area (Å²) in [5.41, 5.74) is 1.32. The third kappa shape index (κ3) is 11.0. The van der Waals surface area contributed by atoms with Gasteiger partial charge < -0.3 is 5.11 Å². The van der Waals surface area contributed by atoms with Crippen LogP contribution in [0.2, 0.25) is 0 Å². The van der Waals surface area contributed by atoms with E-state index in [-0.39, 0.29) is 41.5 Å². The van der Waals surface area contributed by atoms with Crippen LogP contribution in [-0.2, 0) is 4.79 Å². The van der Waals surface area contributed by atoms with Gasteiger partial charge >= 0.3 is 5.97 Å². The van der Waals surface area contributed by atoms with E-state index in [9.17, 15) is 4.79 Å². The molecular formula is C15H24LaO2. The third-order valence-electron chi connectivity index (χ3n) is 2.69. The predicted molar refractivity (Wildman–Crippen MR) is 72.1 cm³/mol. The van der Waals surface area contributed by atoms with Crippen molar-refractivity contribution in [2.75, 3.05) is 0 Å². The summed E-state index contributed by atoms with van der Waals surface area (Å²) < 4.78 is 0. The van der Waals surface area contributed by atoms with Gasteiger partial charge in [0.05, 0.1) is 5.92 Å². The molecule has 0 spiro atoms. The van der Waals surface area contributed by atoms with Gasteiger partial charge in [0.15, 0.2) is 0 Å². The van der Waals surface area contributed by atoms with Gasteiger partial charge in [-0.25, -0.2) is 0 Å². The molecule has 1 rings (SSSR count). The summed E-state index contributed by atoms with van der Waals surface area (Å²) in [7, 11) is 0. The number of rotatable bonds is 5. The number of hydrogen-bond acceptors (Lipinski definition) is 1. The smallest absolute Gasteiger partial charge is 0.306 e. The van der Waals surface area contributed by atoms with Crippen LogP contribution >= 0.6 is 0 Å². The quantitative estimate of drug-likeness (QED) is 0.834. The second-order valence-corrected chi connectivity index (χ2v) is 4.24. The van der Waals surface area contributed by atoms with Gasteiger partial charge in [-0.1, -0.05) is 62.6 Å². The van der Waals surface area contributed by atoms with Crippen molar-refractivity contribution in [2.24, 2.45) is 5.92 Å². The molecule has 2 nitrogen and oxygen atoms in total. The van der Waals surface area contributed by atoms with Gasteiger partial charge in [-0.15, -0.1) is 0 Å². The van der Waals surface area contributed by atoms with E-state index in [0.717, 1.165) is 25.7 Å². The Balaban J connectivity index is 0. The van der Waals surface area contributed by atoms with Gasteiger partial charge in [0.2, 0.25) is 0 Å². The number of aliphatic carboxylic acids is 1. The number of hydrogen-bond donors (Lipinski definition) is 1. The first kappa shape index (κ1) is 20.2. The molecule has 0 heterocycles. The molecule has 1 radical (unpaired) electrons. The van der Waals surface area contributed by atoms with E-state index in [0.29, 0.717) is 0 Å². The Morgan fingerprint density at radius 2 is 1.78 bits per heavy atom. The maximum absolute atomic E-state index is 10.4. The van der Waals surface area contributed by atoms with E-state index in [1.807, 2.05) is 25.1 Å². The summed E-state index contributed by atoms with van der Waals surface area (Å²) >= 11 is 0. The van der Waals surface area contributed by atoms with Crippen LogP contribution in [0.5, 0.6) is 0 Å². The maximum Gasteiger partial charge on any atom is 0.306 e. The molecule has 1 atom stereocenters. The minimum absolute atomic E-state index is 0. The minimum atomic E-state index is -0.643. The number of benzene rings is 1. The Hall–Kier alpha value is -0.115. The van der Waals surface area contributed by atoms with E-state index >= 15 is 0 Å². The normalized spacial score (nSPS) is 10.6. The Morgan fingerprint density at radius 3 is 2.06 bits per heavy atom. The van der Waals surface area contributed by atoms with Crippen molar-refractivity contribution in [2.45, 2.75) is 46.5 Å². The van der Waals surface area contributed by atoms with Gasteiger partial charge in [0.1, 0.15) is 0 Å². The average molecular weight is 375 g/mol. The molecular weight excluding hydrogens is 351 g/mol. The van der Waals surface area contributed by atoms with Crippen LogP contribution in [0.1, 0.15) is 45.1 Å².